The maximum Gasteiger partial charge on any atom is 0.335 e. The third-order valence-electron chi connectivity index (χ3n) is 8.95. The van der Waals surface area contributed by atoms with Crippen LogP contribution in [0.4, 0.5) is 14.6 Å². The Bertz CT molecular complexity index is 1620. The van der Waals surface area contributed by atoms with Crippen molar-refractivity contribution in [3.05, 3.63) is 71.4 Å². The molecular formula is C30H35ClF2N8O2. The van der Waals surface area contributed by atoms with Crippen molar-refractivity contribution in [2.24, 2.45) is 0 Å². The third kappa shape index (κ3) is 5.48. The van der Waals surface area contributed by atoms with E-state index in [2.05, 4.69) is 20.2 Å². The van der Waals surface area contributed by atoms with Gasteiger partial charge < -0.3 is 15.8 Å². The van der Waals surface area contributed by atoms with Crippen molar-refractivity contribution < 1.29 is 13.5 Å². The van der Waals surface area contributed by atoms with Crippen LogP contribution >= 0.6 is 12.4 Å². The first kappa shape index (κ1) is 29.5. The molecule has 5 heterocycles. The van der Waals surface area contributed by atoms with Crippen molar-refractivity contribution in [3.63, 3.8) is 0 Å². The van der Waals surface area contributed by atoms with Gasteiger partial charge in [0.2, 0.25) is 0 Å². The molecule has 7 rings (SSSR count). The lowest BCUT2D eigenvalue weighted by Crippen LogP contribution is -2.61. The highest BCUT2D eigenvalue weighted by Gasteiger charge is 2.49. The summed E-state index contributed by atoms with van der Waals surface area (Å²) >= 11 is 0. The summed E-state index contributed by atoms with van der Waals surface area (Å²) in [6.07, 6.45) is 3.11. The molecule has 0 saturated carbocycles. The van der Waals surface area contributed by atoms with E-state index < -0.39 is 24.2 Å². The van der Waals surface area contributed by atoms with Gasteiger partial charge in [0, 0.05) is 44.8 Å². The van der Waals surface area contributed by atoms with Crippen molar-refractivity contribution in [1.29, 1.82) is 0 Å². The molecule has 3 aliphatic rings. The second-order valence-electron chi connectivity index (χ2n) is 11.4. The van der Waals surface area contributed by atoms with Crippen LogP contribution in [0, 0.1) is 0 Å². The van der Waals surface area contributed by atoms with Crippen molar-refractivity contribution >= 4 is 29.4 Å². The quantitative estimate of drug-likeness (QED) is 0.340. The summed E-state index contributed by atoms with van der Waals surface area (Å²) in [6, 6.07) is 15.5. The first-order chi connectivity index (χ1) is 20.4. The summed E-state index contributed by atoms with van der Waals surface area (Å²) in [5, 5.41) is 3.30. The first-order valence-electron chi connectivity index (χ1n) is 14.5. The number of ether oxygens (including phenoxy) is 1. The standard InChI is InChI=1S/C30H34F2N8O2.ClH/c31-30(32)18-38(20-10-13-37(14-11-20)22-16-34-17-22)15-12-25(30)40-28-26(27(33)35-19-36-28)39(29(40)41)21-6-8-24(9-7-21)42-23-4-2-1-3-5-23;/h1-9,19-20,22,25,34H,10-18H2,(H2,33,35,36);1H/t25-;/m0./s1. The Balaban J connectivity index is 0.00000329. The Hall–Kier alpha value is -3.58. The van der Waals surface area contributed by atoms with Crippen molar-refractivity contribution in [3.8, 4) is 17.2 Å². The molecular weight excluding hydrogens is 578 g/mol. The van der Waals surface area contributed by atoms with E-state index >= 15 is 8.78 Å². The first-order valence-corrected chi connectivity index (χ1v) is 14.5. The van der Waals surface area contributed by atoms with Gasteiger partial charge in [-0.15, -0.1) is 12.4 Å². The molecule has 3 saturated heterocycles. The van der Waals surface area contributed by atoms with E-state index in [0.717, 1.165) is 43.6 Å². The molecule has 13 heteroatoms. The number of nitrogens with two attached hydrogens (primary N) is 1. The number of hydrogen-bond acceptors (Lipinski definition) is 8. The molecule has 0 spiro atoms. The molecule has 0 radical (unpaired) electrons. The van der Waals surface area contributed by atoms with Gasteiger partial charge in [0.05, 0.1) is 12.2 Å². The fourth-order valence-electron chi connectivity index (χ4n) is 6.61. The smallest absolute Gasteiger partial charge is 0.335 e. The second-order valence-corrected chi connectivity index (χ2v) is 11.4. The molecule has 3 N–H and O–H groups in total. The number of nitrogen functional groups attached to an aromatic ring is 1. The van der Waals surface area contributed by atoms with Crippen LogP contribution in [-0.2, 0) is 0 Å². The summed E-state index contributed by atoms with van der Waals surface area (Å²) in [5.74, 6) is -1.84. The number of benzene rings is 2. The van der Waals surface area contributed by atoms with Gasteiger partial charge in [0.25, 0.3) is 5.92 Å². The predicted octanol–water partition coefficient (Wildman–Crippen LogP) is 3.70. The van der Waals surface area contributed by atoms with E-state index in [-0.39, 0.29) is 41.9 Å². The van der Waals surface area contributed by atoms with Gasteiger partial charge in [-0.2, -0.15) is 0 Å². The maximum atomic E-state index is 16.0. The Morgan fingerprint density at radius 3 is 2.21 bits per heavy atom. The number of hydrogen-bond donors (Lipinski definition) is 2. The number of para-hydroxylation sites is 1. The minimum atomic E-state index is -3.14. The lowest BCUT2D eigenvalue weighted by molar-refractivity contribution is -0.117. The van der Waals surface area contributed by atoms with Crippen LogP contribution < -0.4 is 21.5 Å². The molecule has 0 bridgehead atoms. The van der Waals surface area contributed by atoms with Gasteiger partial charge in [-0.05, 0) is 55.7 Å². The summed E-state index contributed by atoms with van der Waals surface area (Å²) in [5.41, 5.74) is 6.39. The molecule has 0 amide bonds. The Labute approximate surface area is 253 Å². The van der Waals surface area contributed by atoms with Crippen molar-refractivity contribution in [2.45, 2.75) is 43.3 Å². The van der Waals surface area contributed by atoms with Gasteiger partial charge in [0.1, 0.15) is 29.4 Å². The summed E-state index contributed by atoms with van der Waals surface area (Å²) in [4.78, 5) is 26.7. The van der Waals surface area contributed by atoms with E-state index in [1.54, 1.807) is 24.3 Å². The van der Waals surface area contributed by atoms with Crippen molar-refractivity contribution in [2.75, 3.05) is 45.0 Å². The number of anilines is 1. The number of aromatic nitrogens is 4. The maximum absolute atomic E-state index is 16.0. The highest BCUT2D eigenvalue weighted by atomic mass is 35.5. The third-order valence-corrected chi connectivity index (χ3v) is 8.95. The zero-order chi connectivity index (χ0) is 28.8. The fourth-order valence-corrected chi connectivity index (χ4v) is 6.61. The van der Waals surface area contributed by atoms with Crippen molar-refractivity contribution in [1.82, 2.24) is 34.2 Å². The van der Waals surface area contributed by atoms with E-state index in [4.69, 9.17) is 10.5 Å². The molecule has 228 valence electrons. The molecule has 2 aromatic carbocycles. The minimum absolute atomic E-state index is 0. The van der Waals surface area contributed by atoms with Crippen LogP contribution in [0.15, 0.2) is 65.7 Å². The average Bonchev–Trinajstić information content (AvgIpc) is 3.25. The largest absolute Gasteiger partial charge is 0.457 e. The van der Waals surface area contributed by atoms with E-state index in [1.165, 1.54) is 10.9 Å². The summed E-state index contributed by atoms with van der Waals surface area (Å²) < 4.78 is 40.3. The monoisotopic (exact) mass is 612 g/mol. The highest BCUT2D eigenvalue weighted by Crippen LogP contribution is 2.40. The van der Waals surface area contributed by atoms with Crippen LogP contribution in [0.25, 0.3) is 16.9 Å². The number of piperidine rings is 2. The second kappa shape index (κ2) is 11.8. The number of nitrogens with zero attached hydrogens (tertiary/aromatic N) is 6. The molecule has 0 unspecified atom stereocenters. The minimum Gasteiger partial charge on any atom is -0.457 e. The Morgan fingerprint density at radius 1 is 0.884 bits per heavy atom. The SMILES string of the molecule is Cl.Nc1ncnc2c1n(-c1ccc(Oc3ccccc3)cc1)c(=O)n2[C@H]1CCN(C2CCN(C3CNC3)CC2)CC1(F)F. The van der Waals surface area contributed by atoms with Gasteiger partial charge in [-0.25, -0.2) is 23.5 Å². The molecule has 10 nitrogen and oxygen atoms in total. The number of imidazole rings is 1. The average molecular weight is 613 g/mol. The fraction of sp³-hybridized carbons (Fsp3) is 0.433. The topological polar surface area (TPSA) is 106 Å². The van der Waals surface area contributed by atoms with Crippen LogP contribution in [0.5, 0.6) is 11.5 Å². The lowest BCUT2D eigenvalue weighted by atomic mass is 9.94. The van der Waals surface area contributed by atoms with E-state index in [1.807, 2.05) is 35.2 Å². The number of rotatable bonds is 6. The van der Waals surface area contributed by atoms with Gasteiger partial charge >= 0.3 is 5.69 Å². The van der Waals surface area contributed by atoms with Crippen LogP contribution in [0.3, 0.4) is 0 Å². The number of nitrogens with one attached hydrogen (secondary N) is 1. The molecule has 43 heavy (non-hydrogen) atoms. The molecule has 0 aliphatic carbocycles. The van der Waals surface area contributed by atoms with Gasteiger partial charge in [-0.1, -0.05) is 18.2 Å². The lowest BCUT2D eigenvalue weighted by Gasteiger charge is -2.47. The zero-order valence-electron chi connectivity index (χ0n) is 23.6. The summed E-state index contributed by atoms with van der Waals surface area (Å²) in [7, 11) is 0. The normalized spacial score (nSPS) is 21.8. The molecule has 3 fully saturated rings. The van der Waals surface area contributed by atoms with Crippen LogP contribution in [0.2, 0.25) is 0 Å². The Kier molecular flexibility index (Phi) is 8.12. The Morgan fingerprint density at radius 2 is 1.56 bits per heavy atom. The van der Waals surface area contributed by atoms with Gasteiger partial charge in [-0.3, -0.25) is 18.9 Å². The predicted molar refractivity (Wildman–Crippen MR) is 163 cm³/mol. The number of likely N-dealkylation sites (tertiary alicyclic amines) is 2. The number of halogens is 3. The van der Waals surface area contributed by atoms with E-state index in [9.17, 15) is 4.79 Å². The zero-order valence-corrected chi connectivity index (χ0v) is 24.4. The number of alkyl halides is 2. The van der Waals surface area contributed by atoms with Crippen LogP contribution in [-0.4, -0.2) is 86.2 Å². The molecule has 4 aromatic rings. The summed E-state index contributed by atoms with van der Waals surface area (Å²) in [6.45, 7) is 3.98. The van der Waals surface area contributed by atoms with E-state index in [0.29, 0.717) is 29.8 Å². The highest BCUT2D eigenvalue weighted by molar-refractivity contribution is 5.85. The molecule has 1 atom stereocenters. The van der Waals surface area contributed by atoms with Crippen LogP contribution in [0.1, 0.15) is 25.3 Å². The molecule has 2 aromatic heterocycles. The van der Waals surface area contributed by atoms with Gasteiger partial charge in [0.15, 0.2) is 11.5 Å². The molecule has 3 aliphatic heterocycles. The number of fused-ring (bicyclic) bond motifs is 1.